The molecule has 0 aliphatic heterocycles. The smallest absolute Gasteiger partial charge is 0.171 e. The lowest BCUT2D eigenvalue weighted by molar-refractivity contribution is 0.435. The molecule has 3 rings (SSSR count). The van der Waals surface area contributed by atoms with E-state index in [0.717, 1.165) is 27.4 Å². The molecule has 2 N–H and O–H groups in total. The summed E-state index contributed by atoms with van der Waals surface area (Å²) in [5.41, 5.74) is 2.58. The SMILES string of the molecule is Cc1cc(NC(=S)NCC2(c3ccc(Cl)cc3)CCCC2)ncc1Br. The zero-order chi connectivity index (χ0) is 17.9. The van der Waals surface area contributed by atoms with Gasteiger partial charge in [-0.3, -0.25) is 0 Å². The van der Waals surface area contributed by atoms with Crippen LogP contribution in [0.5, 0.6) is 0 Å². The first kappa shape index (κ1) is 18.6. The summed E-state index contributed by atoms with van der Waals surface area (Å²) in [4.78, 5) is 4.34. The maximum absolute atomic E-state index is 6.05. The van der Waals surface area contributed by atoms with Crippen LogP contribution in [0, 0.1) is 6.92 Å². The van der Waals surface area contributed by atoms with Crippen LogP contribution in [0.2, 0.25) is 5.02 Å². The summed E-state index contributed by atoms with van der Waals surface area (Å²) in [5, 5.41) is 7.96. The number of anilines is 1. The molecule has 0 atom stereocenters. The van der Waals surface area contributed by atoms with E-state index in [1.54, 1.807) is 6.20 Å². The van der Waals surface area contributed by atoms with Gasteiger partial charge in [-0.25, -0.2) is 4.98 Å². The minimum Gasteiger partial charge on any atom is -0.362 e. The summed E-state index contributed by atoms with van der Waals surface area (Å²) in [6.07, 6.45) is 6.61. The highest BCUT2D eigenvalue weighted by Crippen LogP contribution is 2.40. The molecular weight excluding hydrogens is 418 g/mol. The van der Waals surface area contributed by atoms with Gasteiger partial charge in [0.05, 0.1) is 0 Å². The Morgan fingerprint density at radius 1 is 1.28 bits per heavy atom. The highest BCUT2D eigenvalue weighted by atomic mass is 79.9. The lowest BCUT2D eigenvalue weighted by atomic mass is 9.79. The van der Waals surface area contributed by atoms with Gasteiger partial charge in [0.2, 0.25) is 0 Å². The first-order valence-corrected chi connectivity index (χ1v) is 9.99. The van der Waals surface area contributed by atoms with Crippen LogP contribution in [-0.2, 0) is 5.41 Å². The molecule has 1 aromatic carbocycles. The van der Waals surface area contributed by atoms with Gasteiger partial charge >= 0.3 is 0 Å². The maximum atomic E-state index is 6.05. The topological polar surface area (TPSA) is 37.0 Å². The molecule has 0 spiro atoms. The summed E-state index contributed by atoms with van der Waals surface area (Å²) in [7, 11) is 0. The molecule has 1 aliphatic carbocycles. The fraction of sp³-hybridized carbons (Fsp3) is 0.368. The number of aromatic nitrogens is 1. The van der Waals surface area contributed by atoms with Gasteiger partial charge < -0.3 is 10.6 Å². The lowest BCUT2D eigenvalue weighted by Gasteiger charge is -2.30. The van der Waals surface area contributed by atoms with Crippen LogP contribution >= 0.6 is 39.7 Å². The number of hydrogen-bond donors (Lipinski definition) is 2. The Balaban J connectivity index is 1.66. The second kappa shape index (κ2) is 8.02. The summed E-state index contributed by atoms with van der Waals surface area (Å²) in [6, 6.07) is 10.2. The van der Waals surface area contributed by atoms with E-state index in [1.165, 1.54) is 31.2 Å². The Hall–Kier alpha value is -1.17. The van der Waals surface area contributed by atoms with E-state index in [2.05, 4.69) is 43.7 Å². The van der Waals surface area contributed by atoms with Crippen LogP contribution in [0.3, 0.4) is 0 Å². The van der Waals surface area contributed by atoms with E-state index < -0.39 is 0 Å². The molecule has 1 aromatic heterocycles. The predicted octanol–water partition coefficient (Wildman–Crippen LogP) is 5.60. The van der Waals surface area contributed by atoms with Gasteiger partial charge in [-0.15, -0.1) is 0 Å². The van der Waals surface area contributed by atoms with Crippen LogP contribution in [-0.4, -0.2) is 16.6 Å². The number of halogens is 2. The highest BCUT2D eigenvalue weighted by Gasteiger charge is 2.35. The molecule has 1 saturated carbocycles. The number of nitrogens with one attached hydrogen (secondary N) is 2. The largest absolute Gasteiger partial charge is 0.362 e. The number of thiocarbonyl (C=S) groups is 1. The van der Waals surface area contributed by atoms with Gasteiger partial charge in [-0.1, -0.05) is 36.6 Å². The van der Waals surface area contributed by atoms with Crippen molar-refractivity contribution in [1.82, 2.24) is 10.3 Å². The van der Waals surface area contributed by atoms with Crippen molar-refractivity contribution < 1.29 is 0 Å². The van der Waals surface area contributed by atoms with E-state index >= 15 is 0 Å². The van der Waals surface area contributed by atoms with Gasteiger partial charge in [0.1, 0.15) is 5.82 Å². The van der Waals surface area contributed by atoms with Crippen LogP contribution in [0.4, 0.5) is 5.82 Å². The molecule has 25 heavy (non-hydrogen) atoms. The van der Waals surface area contributed by atoms with Crippen molar-refractivity contribution in [3.63, 3.8) is 0 Å². The quantitative estimate of drug-likeness (QED) is 0.609. The predicted molar refractivity (Wildman–Crippen MR) is 112 cm³/mol. The number of rotatable bonds is 4. The Morgan fingerprint density at radius 3 is 2.60 bits per heavy atom. The average Bonchev–Trinajstić information content (AvgIpc) is 3.07. The summed E-state index contributed by atoms with van der Waals surface area (Å²) < 4.78 is 0.990. The lowest BCUT2D eigenvalue weighted by Crippen LogP contribution is -2.40. The number of benzene rings is 1. The molecule has 132 valence electrons. The molecule has 0 unspecified atom stereocenters. The van der Waals surface area contributed by atoms with Crippen LogP contribution in [0.25, 0.3) is 0 Å². The first-order chi connectivity index (χ1) is 12.0. The van der Waals surface area contributed by atoms with Crippen molar-refractivity contribution in [3.05, 3.63) is 57.2 Å². The molecule has 2 aromatic rings. The fourth-order valence-electron chi connectivity index (χ4n) is 3.44. The van der Waals surface area contributed by atoms with Gasteiger partial charge in [0, 0.05) is 27.7 Å². The molecule has 0 saturated heterocycles. The number of hydrogen-bond acceptors (Lipinski definition) is 2. The number of aryl methyl sites for hydroxylation is 1. The summed E-state index contributed by atoms with van der Waals surface area (Å²) in [6.45, 7) is 2.84. The molecule has 0 bridgehead atoms. The molecule has 1 heterocycles. The monoisotopic (exact) mass is 437 g/mol. The molecule has 0 radical (unpaired) electrons. The van der Waals surface area contributed by atoms with Crippen molar-refractivity contribution in [2.45, 2.75) is 38.0 Å². The van der Waals surface area contributed by atoms with Crippen molar-refractivity contribution >= 4 is 50.7 Å². The minimum absolute atomic E-state index is 0.124. The Labute approximate surface area is 167 Å². The second-order valence-corrected chi connectivity index (χ2v) is 8.32. The van der Waals surface area contributed by atoms with E-state index in [4.69, 9.17) is 23.8 Å². The van der Waals surface area contributed by atoms with E-state index in [0.29, 0.717) is 5.11 Å². The summed E-state index contributed by atoms with van der Waals surface area (Å²) >= 11 is 15.0. The van der Waals surface area contributed by atoms with Crippen LogP contribution < -0.4 is 10.6 Å². The third-order valence-corrected chi connectivity index (χ3v) is 6.22. The van der Waals surface area contributed by atoms with Crippen LogP contribution in [0.15, 0.2) is 41.0 Å². The Kier molecular flexibility index (Phi) is 5.97. The van der Waals surface area contributed by atoms with Gasteiger partial charge in [-0.05, 0) is 77.2 Å². The van der Waals surface area contributed by atoms with E-state index in [-0.39, 0.29) is 5.41 Å². The van der Waals surface area contributed by atoms with Gasteiger partial charge in [-0.2, -0.15) is 0 Å². The van der Waals surface area contributed by atoms with Crippen molar-refractivity contribution in [2.24, 2.45) is 0 Å². The van der Waals surface area contributed by atoms with Crippen molar-refractivity contribution in [1.29, 1.82) is 0 Å². The minimum atomic E-state index is 0.124. The molecule has 1 aliphatic rings. The van der Waals surface area contributed by atoms with Crippen LogP contribution in [0.1, 0.15) is 36.8 Å². The zero-order valence-corrected chi connectivity index (χ0v) is 17.3. The van der Waals surface area contributed by atoms with Crippen molar-refractivity contribution in [3.8, 4) is 0 Å². The van der Waals surface area contributed by atoms with Gasteiger partial charge in [0.15, 0.2) is 5.11 Å². The maximum Gasteiger partial charge on any atom is 0.171 e. The number of nitrogens with zero attached hydrogens (tertiary/aromatic N) is 1. The first-order valence-electron chi connectivity index (χ1n) is 8.42. The molecule has 6 heteroatoms. The zero-order valence-electron chi connectivity index (χ0n) is 14.1. The molecule has 0 amide bonds. The van der Waals surface area contributed by atoms with E-state index in [9.17, 15) is 0 Å². The normalized spacial score (nSPS) is 15.8. The third kappa shape index (κ3) is 4.52. The second-order valence-electron chi connectivity index (χ2n) is 6.62. The fourth-order valence-corrected chi connectivity index (χ4v) is 3.96. The molecular formula is C19H21BrClN3S. The summed E-state index contributed by atoms with van der Waals surface area (Å²) in [5.74, 6) is 0.755. The molecule has 1 fully saturated rings. The Morgan fingerprint density at radius 2 is 1.96 bits per heavy atom. The Bertz CT molecular complexity index is 758. The van der Waals surface area contributed by atoms with Crippen molar-refractivity contribution in [2.75, 3.05) is 11.9 Å². The van der Waals surface area contributed by atoms with Gasteiger partial charge in [0.25, 0.3) is 0 Å². The number of pyridine rings is 1. The third-order valence-electron chi connectivity index (χ3n) is 4.89. The standard InChI is InChI=1S/C19H21BrClN3S/c1-13-10-17(22-11-16(13)20)24-18(25)23-12-19(8-2-3-9-19)14-4-6-15(21)7-5-14/h4-7,10-11H,2-3,8-9,12H2,1H3,(H2,22,23,24,25). The average molecular weight is 439 g/mol. The van der Waals surface area contributed by atoms with E-state index in [1.807, 2.05) is 25.1 Å². The highest BCUT2D eigenvalue weighted by molar-refractivity contribution is 9.10. The molecule has 3 nitrogen and oxygen atoms in total.